The van der Waals surface area contributed by atoms with Crippen molar-refractivity contribution in [3.8, 4) is 0 Å². The molecule has 0 aliphatic heterocycles. The highest BCUT2D eigenvalue weighted by Crippen LogP contribution is 2.13. The van der Waals surface area contributed by atoms with E-state index in [1.165, 1.54) is 5.69 Å². The second kappa shape index (κ2) is 4.99. The number of hydrogen-bond donors (Lipinski definition) is 1. The quantitative estimate of drug-likeness (QED) is 0.781. The number of rotatable bonds is 5. The van der Waals surface area contributed by atoms with Crippen molar-refractivity contribution in [2.75, 3.05) is 25.6 Å². The number of methoxy groups -OCH3 is 1. The van der Waals surface area contributed by atoms with Crippen LogP contribution in [0.4, 0.5) is 5.69 Å². The first-order chi connectivity index (χ1) is 7.85. The summed E-state index contributed by atoms with van der Waals surface area (Å²) >= 11 is 0. The molecule has 4 nitrogen and oxygen atoms in total. The van der Waals surface area contributed by atoms with Crippen LogP contribution < -0.4 is 5.32 Å². The standard InChI is InChI=1S/C12H17N3O/c1-3-11-9-14-12-8-10(4-6-15(11)12)13-5-7-16-2/h4,6,8-9,13H,3,5,7H2,1-2H3. The largest absolute Gasteiger partial charge is 0.383 e. The van der Waals surface area contributed by atoms with Crippen LogP contribution in [0.1, 0.15) is 12.6 Å². The Labute approximate surface area is 95.3 Å². The highest BCUT2D eigenvalue weighted by molar-refractivity contribution is 5.55. The predicted molar refractivity (Wildman–Crippen MR) is 64.9 cm³/mol. The summed E-state index contributed by atoms with van der Waals surface area (Å²) in [6.45, 7) is 3.65. The lowest BCUT2D eigenvalue weighted by Gasteiger charge is -2.06. The zero-order chi connectivity index (χ0) is 11.4. The molecule has 2 rings (SSSR count). The van der Waals surface area contributed by atoms with Crippen LogP contribution in [0.2, 0.25) is 0 Å². The van der Waals surface area contributed by atoms with Crippen LogP contribution in [0.25, 0.3) is 5.65 Å². The van der Waals surface area contributed by atoms with E-state index in [-0.39, 0.29) is 0 Å². The van der Waals surface area contributed by atoms with E-state index >= 15 is 0 Å². The molecule has 16 heavy (non-hydrogen) atoms. The van der Waals surface area contributed by atoms with E-state index in [2.05, 4.69) is 40.0 Å². The van der Waals surface area contributed by atoms with Crippen LogP contribution >= 0.6 is 0 Å². The van der Waals surface area contributed by atoms with Crippen molar-refractivity contribution in [3.63, 3.8) is 0 Å². The Morgan fingerprint density at radius 2 is 2.38 bits per heavy atom. The molecule has 0 aliphatic carbocycles. The van der Waals surface area contributed by atoms with Crippen LogP contribution in [-0.4, -0.2) is 29.6 Å². The molecule has 0 aliphatic rings. The smallest absolute Gasteiger partial charge is 0.138 e. The van der Waals surface area contributed by atoms with Gasteiger partial charge in [-0.3, -0.25) is 0 Å². The van der Waals surface area contributed by atoms with Crippen molar-refractivity contribution in [1.82, 2.24) is 9.38 Å². The lowest BCUT2D eigenvalue weighted by molar-refractivity contribution is 0.211. The molecule has 86 valence electrons. The number of fused-ring (bicyclic) bond motifs is 1. The molecule has 0 radical (unpaired) electrons. The van der Waals surface area contributed by atoms with Gasteiger partial charge < -0.3 is 14.5 Å². The first-order valence-corrected chi connectivity index (χ1v) is 5.54. The number of imidazole rings is 1. The summed E-state index contributed by atoms with van der Waals surface area (Å²) in [7, 11) is 1.70. The third kappa shape index (κ3) is 2.17. The fourth-order valence-electron chi connectivity index (χ4n) is 1.70. The van der Waals surface area contributed by atoms with Crippen LogP contribution in [0.3, 0.4) is 0 Å². The summed E-state index contributed by atoms with van der Waals surface area (Å²) in [6.07, 6.45) is 4.97. The monoisotopic (exact) mass is 219 g/mol. The Kier molecular flexibility index (Phi) is 3.41. The normalized spacial score (nSPS) is 10.9. The number of aromatic nitrogens is 2. The molecule has 0 fully saturated rings. The van der Waals surface area contributed by atoms with E-state index in [9.17, 15) is 0 Å². The number of anilines is 1. The van der Waals surface area contributed by atoms with Gasteiger partial charge in [-0.1, -0.05) is 6.92 Å². The van der Waals surface area contributed by atoms with Gasteiger partial charge in [0.15, 0.2) is 0 Å². The van der Waals surface area contributed by atoms with Crippen molar-refractivity contribution >= 4 is 11.3 Å². The van der Waals surface area contributed by atoms with Crippen LogP contribution in [0.15, 0.2) is 24.5 Å². The molecule has 2 heterocycles. The number of ether oxygens (including phenoxy) is 1. The minimum atomic E-state index is 0.708. The maximum absolute atomic E-state index is 4.99. The van der Waals surface area contributed by atoms with Crippen molar-refractivity contribution in [2.24, 2.45) is 0 Å². The Morgan fingerprint density at radius 3 is 3.12 bits per heavy atom. The van der Waals surface area contributed by atoms with Crippen LogP contribution in [-0.2, 0) is 11.2 Å². The Balaban J connectivity index is 2.17. The Bertz CT molecular complexity index is 464. The minimum Gasteiger partial charge on any atom is -0.383 e. The van der Waals surface area contributed by atoms with E-state index < -0.39 is 0 Å². The van der Waals surface area contributed by atoms with Crippen molar-refractivity contribution in [1.29, 1.82) is 0 Å². The molecule has 2 aromatic heterocycles. The van der Waals surface area contributed by atoms with Crippen molar-refractivity contribution in [2.45, 2.75) is 13.3 Å². The molecule has 0 amide bonds. The molecule has 0 spiro atoms. The predicted octanol–water partition coefficient (Wildman–Crippen LogP) is 1.95. The first-order valence-electron chi connectivity index (χ1n) is 5.54. The fourth-order valence-corrected chi connectivity index (χ4v) is 1.70. The van der Waals surface area contributed by atoms with Crippen molar-refractivity contribution < 1.29 is 4.74 Å². The average Bonchev–Trinajstić information content (AvgIpc) is 2.71. The third-order valence-corrected chi connectivity index (χ3v) is 2.59. The molecule has 1 N–H and O–H groups in total. The van der Waals surface area contributed by atoms with E-state index in [1.54, 1.807) is 7.11 Å². The fraction of sp³-hybridized carbons (Fsp3) is 0.417. The third-order valence-electron chi connectivity index (χ3n) is 2.59. The lowest BCUT2D eigenvalue weighted by atomic mass is 10.3. The second-order valence-corrected chi connectivity index (χ2v) is 3.67. The molecule has 0 atom stereocenters. The lowest BCUT2D eigenvalue weighted by Crippen LogP contribution is -2.07. The van der Waals surface area contributed by atoms with Crippen LogP contribution in [0, 0.1) is 0 Å². The summed E-state index contributed by atoms with van der Waals surface area (Å²) in [6, 6.07) is 4.11. The molecule has 0 saturated carbocycles. The molecule has 4 heteroatoms. The molecular formula is C12H17N3O. The number of hydrogen-bond acceptors (Lipinski definition) is 3. The van der Waals surface area contributed by atoms with Gasteiger partial charge in [0.05, 0.1) is 6.61 Å². The maximum Gasteiger partial charge on any atom is 0.138 e. The Morgan fingerprint density at radius 1 is 1.50 bits per heavy atom. The van der Waals surface area contributed by atoms with Crippen LogP contribution in [0.5, 0.6) is 0 Å². The number of nitrogens with one attached hydrogen (secondary N) is 1. The highest BCUT2D eigenvalue weighted by atomic mass is 16.5. The second-order valence-electron chi connectivity index (χ2n) is 3.67. The zero-order valence-corrected chi connectivity index (χ0v) is 9.73. The molecular weight excluding hydrogens is 202 g/mol. The Hall–Kier alpha value is -1.55. The van der Waals surface area contributed by atoms with Gasteiger partial charge in [-0.2, -0.15) is 0 Å². The van der Waals surface area contributed by atoms with Gasteiger partial charge in [0.1, 0.15) is 5.65 Å². The summed E-state index contributed by atoms with van der Waals surface area (Å²) in [5, 5.41) is 3.29. The number of aryl methyl sites for hydroxylation is 1. The van der Waals surface area contributed by atoms with Crippen molar-refractivity contribution in [3.05, 3.63) is 30.2 Å². The van der Waals surface area contributed by atoms with E-state index in [4.69, 9.17) is 4.74 Å². The van der Waals surface area contributed by atoms with Gasteiger partial charge in [0, 0.05) is 43.5 Å². The van der Waals surface area contributed by atoms with E-state index in [0.717, 1.165) is 24.3 Å². The van der Waals surface area contributed by atoms with Gasteiger partial charge in [-0.15, -0.1) is 0 Å². The maximum atomic E-state index is 4.99. The summed E-state index contributed by atoms with van der Waals surface area (Å²) in [5.74, 6) is 0. The highest BCUT2D eigenvalue weighted by Gasteiger charge is 2.01. The zero-order valence-electron chi connectivity index (χ0n) is 9.73. The first kappa shape index (κ1) is 11.0. The molecule has 2 aromatic rings. The van der Waals surface area contributed by atoms with E-state index in [0.29, 0.717) is 6.61 Å². The summed E-state index contributed by atoms with van der Waals surface area (Å²) < 4.78 is 7.10. The molecule has 0 bridgehead atoms. The average molecular weight is 219 g/mol. The van der Waals surface area contributed by atoms with Gasteiger partial charge in [0.2, 0.25) is 0 Å². The topological polar surface area (TPSA) is 38.6 Å². The number of pyridine rings is 1. The van der Waals surface area contributed by atoms with Gasteiger partial charge in [-0.25, -0.2) is 4.98 Å². The molecule has 0 saturated heterocycles. The van der Waals surface area contributed by atoms with Gasteiger partial charge >= 0.3 is 0 Å². The molecule has 0 aromatic carbocycles. The summed E-state index contributed by atoms with van der Waals surface area (Å²) in [5.41, 5.74) is 3.30. The SMILES string of the molecule is CCc1cnc2cc(NCCOC)ccn12. The number of nitrogens with zero attached hydrogens (tertiary/aromatic N) is 2. The van der Waals surface area contributed by atoms with Gasteiger partial charge in [-0.05, 0) is 12.5 Å². The summed E-state index contributed by atoms with van der Waals surface area (Å²) in [4.78, 5) is 4.37. The minimum absolute atomic E-state index is 0.708. The molecule has 0 unspecified atom stereocenters. The van der Waals surface area contributed by atoms with Gasteiger partial charge in [0.25, 0.3) is 0 Å². The van der Waals surface area contributed by atoms with E-state index in [1.807, 2.05) is 6.20 Å².